The molecule has 0 aliphatic carbocycles. The standard InChI is InChI=1S/C18H20BrNO2/c1-3-13(2)16-6-4-5-7-17(16)20-18(21)12-22-15-10-8-14(19)9-11-15/h4-11,13H,3,12H2,1-2H3,(H,20,21). The van der Waals surface area contributed by atoms with Crippen LogP contribution in [0.25, 0.3) is 0 Å². The molecule has 2 aromatic rings. The van der Waals surface area contributed by atoms with Gasteiger partial charge in [-0.3, -0.25) is 4.79 Å². The van der Waals surface area contributed by atoms with E-state index >= 15 is 0 Å². The zero-order valence-corrected chi connectivity index (χ0v) is 14.4. The number of anilines is 1. The van der Waals surface area contributed by atoms with Gasteiger partial charge in [-0.05, 0) is 48.2 Å². The molecule has 0 saturated heterocycles. The van der Waals surface area contributed by atoms with Crippen LogP contribution in [0.4, 0.5) is 5.69 Å². The number of carbonyl (C=O) groups excluding carboxylic acids is 1. The van der Waals surface area contributed by atoms with Gasteiger partial charge in [-0.15, -0.1) is 0 Å². The van der Waals surface area contributed by atoms with Crippen LogP contribution in [0.3, 0.4) is 0 Å². The lowest BCUT2D eigenvalue weighted by Gasteiger charge is -2.15. The lowest BCUT2D eigenvalue weighted by atomic mass is 9.97. The maximum Gasteiger partial charge on any atom is 0.262 e. The topological polar surface area (TPSA) is 38.3 Å². The summed E-state index contributed by atoms with van der Waals surface area (Å²) in [5.74, 6) is 0.927. The van der Waals surface area contributed by atoms with Crippen LogP contribution in [0.15, 0.2) is 53.0 Å². The molecule has 2 aromatic carbocycles. The Bertz CT molecular complexity index is 625. The molecule has 4 heteroatoms. The van der Waals surface area contributed by atoms with Crippen LogP contribution in [0.5, 0.6) is 5.75 Å². The maximum absolute atomic E-state index is 12.1. The second-order valence-electron chi connectivity index (χ2n) is 5.19. The van der Waals surface area contributed by atoms with Gasteiger partial charge in [-0.1, -0.05) is 48.0 Å². The molecule has 0 radical (unpaired) electrons. The molecule has 3 nitrogen and oxygen atoms in total. The maximum atomic E-state index is 12.1. The molecule has 0 heterocycles. The van der Waals surface area contributed by atoms with Gasteiger partial charge in [-0.25, -0.2) is 0 Å². The van der Waals surface area contributed by atoms with Crippen molar-refractivity contribution in [3.05, 3.63) is 58.6 Å². The Balaban J connectivity index is 1.96. The summed E-state index contributed by atoms with van der Waals surface area (Å²) in [7, 11) is 0. The van der Waals surface area contributed by atoms with Gasteiger partial charge in [0.15, 0.2) is 6.61 Å². The molecule has 1 N–H and O–H groups in total. The molecule has 0 bridgehead atoms. The number of benzene rings is 2. The average Bonchev–Trinajstić information content (AvgIpc) is 2.54. The lowest BCUT2D eigenvalue weighted by molar-refractivity contribution is -0.118. The fraction of sp³-hybridized carbons (Fsp3) is 0.278. The fourth-order valence-corrected chi connectivity index (χ4v) is 2.39. The Hall–Kier alpha value is -1.81. The first-order chi connectivity index (χ1) is 10.6. The van der Waals surface area contributed by atoms with E-state index in [4.69, 9.17) is 4.74 Å². The predicted octanol–water partition coefficient (Wildman–Crippen LogP) is 4.98. The van der Waals surface area contributed by atoms with E-state index in [1.54, 1.807) is 0 Å². The van der Waals surface area contributed by atoms with Gasteiger partial charge in [0.05, 0.1) is 0 Å². The summed E-state index contributed by atoms with van der Waals surface area (Å²) in [5, 5.41) is 2.93. The summed E-state index contributed by atoms with van der Waals surface area (Å²) in [6, 6.07) is 15.3. The van der Waals surface area contributed by atoms with Gasteiger partial charge in [-0.2, -0.15) is 0 Å². The highest BCUT2D eigenvalue weighted by Crippen LogP contribution is 2.26. The van der Waals surface area contributed by atoms with E-state index in [0.29, 0.717) is 11.7 Å². The third-order valence-corrected chi connectivity index (χ3v) is 4.09. The summed E-state index contributed by atoms with van der Waals surface area (Å²) < 4.78 is 6.47. The van der Waals surface area contributed by atoms with E-state index in [1.807, 2.05) is 42.5 Å². The molecular weight excluding hydrogens is 342 g/mol. The zero-order chi connectivity index (χ0) is 15.9. The van der Waals surface area contributed by atoms with Gasteiger partial charge in [0.2, 0.25) is 0 Å². The third-order valence-electron chi connectivity index (χ3n) is 3.56. The van der Waals surface area contributed by atoms with E-state index in [0.717, 1.165) is 22.1 Å². The van der Waals surface area contributed by atoms with E-state index in [-0.39, 0.29) is 12.5 Å². The summed E-state index contributed by atoms with van der Waals surface area (Å²) in [5.41, 5.74) is 2.02. The summed E-state index contributed by atoms with van der Waals surface area (Å²) in [4.78, 5) is 12.1. The molecule has 0 fully saturated rings. The van der Waals surface area contributed by atoms with Crippen molar-refractivity contribution in [2.24, 2.45) is 0 Å². The Morgan fingerprint density at radius 3 is 2.55 bits per heavy atom. The number of carbonyl (C=O) groups is 1. The normalized spacial score (nSPS) is 11.8. The molecule has 116 valence electrons. The molecule has 0 aliphatic rings. The van der Waals surface area contributed by atoms with Crippen molar-refractivity contribution in [2.75, 3.05) is 11.9 Å². The smallest absolute Gasteiger partial charge is 0.262 e. The third kappa shape index (κ3) is 4.60. The molecule has 0 spiro atoms. The molecular formula is C18H20BrNO2. The number of amides is 1. The van der Waals surface area contributed by atoms with Crippen LogP contribution in [0.1, 0.15) is 31.7 Å². The van der Waals surface area contributed by atoms with Gasteiger partial charge in [0, 0.05) is 10.2 Å². The van der Waals surface area contributed by atoms with Crippen LogP contribution in [-0.4, -0.2) is 12.5 Å². The van der Waals surface area contributed by atoms with Crippen molar-refractivity contribution in [3.63, 3.8) is 0 Å². The monoisotopic (exact) mass is 361 g/mol. The molecule has 0 aromatic heterocycles. The molecule has 0 aliphatic heterocycles. The van der Waals surface area contributed by atoms with Crippen molar-refractivity contribution in [1.29, 1.82) is 0 Å². The van der Waals surface area contributed by atoms with E-state index in [9.17, 15) is 4.79 Å². The highest BCUT2D eigenvalue weighted by atomic mass is 79.9. The highest BCUT2D eigenvalue weighted by Gasteiger charge is 2.11. The van der Waals surface area contributed by atoms with Crippen LogP contribution in [0.2, 0.25) is 0 Å². The Morgan fingerprint density at radius 1 is 1.18 bits per heavy atom. The minimum Gasteiger partial charge on any atom is -0.484 e. The number of hydrogen-bond donors (Lipinski definition) is 1. The second-order valence-corrected chi connectivity index (χ2v) is 6.10. The Labute approximate surface area is 139 Å². The van der Waals surface area contributed by atoms with Crippen molar-refractivity contribution >= 4 is 27.5 Å². The van der Waals surface area contributed by atoms with Gasteiger partial charge >= 0.3 is 0 Å². The molecule has 2 rings (SSSR count). The predicted molar refractivity (Wildman–Crippen MR) is 93.4 cm³/mol. The summed E-state index contributed by atoms with van der Waals surface area (Å²) in [6.45, 7) is 4.29. The van der Waals surface area contributed by atoms with E-state index < -0.39 is 0 Å². The molecule has 1 atom stereocenters. The van der Waals surface area contributed by atoms with Crippen LogP contribution in [0, 0.1) is 0 Å². The van der Waals surface area contributed by atoms with Gasteiger partial charge in [0.1, 0.15) is 5.75 Å². The van der Waals surface area contributed by atoms with E-state index in [1.165, 1.54) is 0 Å². The number of hydrogen-bond acceptors (Lipinski definition) is 2. The fourth-order valence-electron chi connectivity index (χ4n) is 2.13. The second kappa shape index (κ2) is 7.99. The SMILES string of the molecule is CCC(C)c1ccccc1NC(=O)COc1ccc(Br)cc1. The number of nitrogens with one attached hydrogen (secondary N) is 1. The Kier molecular flexibility index (Phi) is 6.01. The van der Waals surface area contributed by atoms with Crippen LogP contribution < -0.4 is 10.1 Å². The van der Waals surface area contributed by atoms with Crippen LogP contribution >= 0.6 is 15.9 Å². The highest BCUT2D eigenvalue weighted by molar-refractivity contribution is 9.10. The quantitative estimate of drug-likeness (QED) is 0.787. The minimum absolute atomic E-state index is 0.00350. The van der Waals surface area contributed by atoms with Gasteiger partial charge < -0.3 is 10.1 Å². The van der Waals surface area contributed by atoms with Crippen molar-refractivity contribution in [1.82, 2.24) is 0 Å². The lowest BCUT2D eigenvalue weighted by Crippen LogP contribution is -2.21. The number of ether oxygens (including phenoxy) is 1. The summed E-state index contributed by atoms with van der Waals surface area (Å²) >= 11 is 3.36. The first kappa shape index (κ1) is 16.6. The van der Waals surface area contributed by atoms with Crippen molar-refractivity contribution in [2.45, 2.75) is 26.2 Å². The minimum atomic E-state index is -0.154. The number of para-hydroxylation sites is 1. The average molecular weight is 362 g/mol. The Morgan fingerprint density at radius 2 is 1.86 bits per heavy atom. The summed E-state index contributed by atoms with van der Waals surface area (Å²) in [6.07, 6.45) is 1.03. The number of halogens is 1. The first-order valence-corrected chi connectivity index (χ1v) is 8.16. The number of rotatable bonds is 6. The first-order valence-electron chi connectivity index (χ1n) is 7.37. The largest absolute Gasteiger partial charge is 0.484 e. The van der Waals surface area contributed by atoms with Gasteiger partial charge in [0.25, 0.3) is 5.91 Å². The van der Waals surface area contributed by atoms with Crippen molar-refractivity contribution < 1.29 is 9.53 Å². The van der Waals surface area contributed by atoms with Crippen LogP contribution in [-0.2, 0) is 4.79 Å². The molecule has 0 saturated carbocycles. The van der Waals surface area contributed by atoms with E-state index in [2.05, 4.69) is 41.2 Å². The molecule has 22 heavy (non-hydrogen) atoms. The molecule has 1 unspecified atom stereocenters. The zero-order valence-electron chi connectivity index (χ0n) is 12.8. The van der Waals surface area contributed by atoms with Crippen molar-refractivity contribution in [3.8, 4) is 5.75 Å². The molecule has 1 amide bonds.